The zero-order valence-corrected chi connectivity index (χ0v) is 17.5. The van der Waals surface area contributed by atoms with Gasteiger partial charge in [-0.3, -0.25) is 9.69 Å². The van der Waals surface area contributed by atoms with E-state index < -0.39 is 0 Å². The van der Waals surface area contributed by atoms with E-state index in [0.29, 0.717) is 25.4 Å². The van der Waals surface area contributed by atoms with Gasteiger partial charge in [0.25, 0.3) is 0 Å². The van der Waals surface area contributed by atoms with Gasteiger partial charge < -0.3 is 15.0 Å². The number of hydrogen-bond donors (Lipinski definition) is 1. The minimum atomic E-state index is -0.154. The summed E-state index contributed by atoms with van der Waals surface area (Å²) in [6, 6.07) is 11.6. The van der Waals surface area contributed by atoms with Crippen LogP contribution in [0.25, 0.3) is 0 Å². The zero-order chi connectivity index (χ0) is 20.3. The minimum Gasteiger partial charge on any atom is -0.495 e. The Hall–Kier alpha value is -2.54. The van der Waals surface area contributed by atoms with Gasteiger partial charge in [-0.15, -0.1) is 11.3 Å². The van der Waals surface area contributed by atoms with Crippen LogP contribution in [0.3, 0.4) is 0 Å². The predicted octanol–water partition coefficient (Wildman–Crippen LogP) is 3.63. The molecule has 2 aliphatic rings. The first kappa shape index (κ1) is 19.8. The molecule has 2 fully saturated rings. The van der Waals surface area contributed by atoms with E-state index in [9.17, 15) is 9.59 Å². The number of methoxy groups -OCH3 is 1. The molecule has 0 bridgehead atoms. The highest BCUT2D eigenvalue weighted by molar-refractivity contribution is 7.10. The second-order valence-electron chi connectivity index (χ2n) is 7.77. The molecule has 1 saturated carbocycles. The molecule has 0 radical (unpaired) electrons. The van der Waals surface area contributed by atoms with Gasteiger partial charge in [-0.25, -0.2) is 4.79 Å². The molecule has 1 aromatic carbocycles. The number of hydrogen-bond acceptors (Lipinski definition) is 4. The number of amides is 3. The Balaban J connectivity index is 1.36. The molecule has 29 heavy (non-hydrogen) atoms. The van der Waals surface area contributed by atoms with Crippen molar-refractivity contribution in [1.29, 1.82) is 0 Å². The van der Waals surface area contributed by atoms with Crippen LogP contribution in [0.2, 0.25) is 0 Å². The van der Waals surface area contributed by atoms with E-state index in [0.717, 1.165) is 18.5 Å². The third kappa shape index (κ3) is 3.96. The van der Waals surface area contributed by atoms with Gasteiger partial charge in [0.05, 0.1) is 12.8 Å². The number of nitrogens with one attached hydrogen (secondary N) is 1. The number of rotatable bonds is 7. The lowest BCUT2D eigenvalue weighted by Gasteiger charge is -2.28. The Morgan fingerprint density at radius 1 is 1.17 bits per heavy atom. The smallest absolute Gasteiger partial charge is 0.325 e. The molecule has 0 atom stereocenters. The molecule has 0 unspecified atom stereocenters. The molecule has 0 spiro atoms. The summed E-state index contributed by atoms with van der Waals surface area (Å²) in [6.07, 6.45) is 4.62. The lowest BCUT2D eigenvalue weighted by Crippen LogP contribution is -2.44. The van der Waals surface area contributed by atoms with Gasteiger partial charge in [-0.1, -0.05) is 31.0 Å². The molecule has 154 valence electrons. The number of anilines is 1. The fraction of sp³-hybridized carbons (Fsp3) is 0.455. The fourth-order valence-electron chi connectivity index (χ4n) is 4.45. The summed E-state index contributed by atoms with van der Waals surface area (Å²) in [7, 11) is 1.59. The van der Waals surface area contributed by atoms with E-state index in [-0.39, 0.29) is 23.9 Å². The van der Waals surface area contributed by atoms with E-state index in [1.54, 1.807) is 28.2 Å². The summed E-state index contributed by atoms with van der Waals surface area (Å²) in [5.41, 5.74) is 0.799. The molecule has 6 nitrogen and oxygen atoms in total. The SMILES string of the molecule is COc1ccccc1N1CCN(CC(=O)NCC2(c3cccs3)CCCC2)C1=O. The maximum atomic E-state index is 12.8. The van der Waals surface area contributed by atoms with E-state index in [2.05, 4.69) is 22.8 Å². The van der Waals surface area contributed by atoms with Crippen LogP contribution in [0.5, 0.6) is 5.75 Å². The molecule has 1 aliphatic heterocycles. The van der Waals surface area contributed by atoms with Gasteiger partial charge in [0.2, 0.25) is 5.91 Å². The molecule has 1 aliphatic carbocycles. The second kappa shape index (κ2) is 8.45. The quantitative estimate of drug-likeness (QED) is 0.754. The van der Waals surface area contributed by atoms with Crippen molar-refractivity contribution < 1.29 is 14.3 Å². The van der Waals surface area contributed by atoms with Crippen LogP contribution >= 0.6 is 11.3 Å². The lowest BCUT2D eigenvalue weighted by molar-refractivity contribution is -0.121. The van der Waals surface area contributed by atoms with Gasteiger partial charge in [0.15, 0.2) is 0 Å². The monoisotopic (exact) mass is 413 g/mol. The number of ether oxygens (including phenoxy) is 1. The molecule has 1 N–H and O–H groups in total. The summed E-state index contributed by atoms with van der Waals surface area (Å²) < 4.78 is 5.37. The normalized spacial score (nSPS) is 18.3. The highest BCUT2D eigenvalue weighted by atomic mass is 32.1. The van der Waals surface area contributed by atoms with Gasteiger partial charge >= 0.3 is 6.03 Å². The van der Waals surface area contributed by atoms with E-state index in [4.69, 9.17) is 4.74 Å². The summed E-state index contributed by atoms with van der Waals surface area (Å²) in [6.45, 7) is 1.81. The molecule has 1 aromatic heterocycles. The Labute approximate surface area is 175 Å². The Morgan fingerprint density at radius 2 is 1.97 bits per heavy atom. The molecule has 2 heterocycles. The first-order valence-electron chi connectivity index (χ1n) is 10.1. The van der Waals surface area contributed by atoms with Crippen molar-refractivity contribution in [2.75, 3.05) is 38.2 Å². The first-order valence-corrected chi connectivity index (χ1v) is 11.0. The van der Waals surface area contributed by atoms with Crippen LogP contribution in [0.1, 0.15) is 30.6 Å². The molecular weight excluding hydrogens is 386 g/mol. The van der Waals surface area contributed by atoms with Crippen molar-refractivity contribution in [3.05, 3.63) is 46.7 Å². The van der Waals surface area contributed by atoms with Gasteiger partial charge in [-0.2, -0.15) is 0 Å². The maximum absolute atomic E-state index is 12.8. The first-order chi connectivity index (χ1) is 14.1. The van der Waals surface area contributed by atoms with Crippen LogP contribution < -0.4 is 15.0 Å². The molecular formula is C22H27N3O3S. The van der Waals surface area contributed by atoms with Crippen molar-refractivity contribution in [2.24, 2.45) is 0 Å². The molecule has 7 heteroatoms. The third-order valence-corrected chi connectivity index (χ3v) is 7.15. The second-order valence-corrected chi connectivity index (χ2v) is 8.72. The number of urea groups is 1. The van der Waals surface area contributed by atoms with Crippen molar-refractivity contribution in [1.82, 2.24) is 10.2 Å². The molecule has 3 amide bonds. The standard InChI is InChI=1S/C22H27N3O3S/c1-28-18-8-3-2-7-17(18)25-13-12-24(21(25)27)15-20(26)23-16-22(10-4-5-11-22)19-9-6-14-29-19/h2-3,6-9,14H,4-5,10-13,15-16H2,1H3,(H,23,26). The number of nitrogens with zero attached hydrogens (tertiary/aromatic N) is 2. The van der Waals surface area contributed by atoms with Crippen LogP contribution in [0.4, 0.5) is 10.5 Å². The Kier molecular flexibility index (Phi) is 5.76. The van der Waals surface area contributed by atoms with Crippen molar-refractivity contribution in [3.63, 3.8) is 0 Å². The van der Waals surface area contributed by atoms with Crippen LogP contribution in [-0.2, 0) is 10.2 Å². The minimum absolute atomic E-state index is 0.0578. The number of benzene rings is 1. The van der Waals surface area contributed by atoms with E-state index in [1.165, 1.54) is 17.7 Å². The predicted molar refractivity (Wildman–Crippen MR) is 115 cm³/mol. The van der Waals surface area contributed by atoms with Crippen molar-refractivity contribution in [2.45, 2.75) is 31.1 Å². The zero-order valence-electron chi connectivity index (χ0n) is 16.7. The summed E-state index contributed by atoms with van der Waals surface area (Å²) >= 11 is 1.77. The highest BCUT2D eigenvalue weighted by Crippen LogP contribution is 2.42. The molecule has 1 saturated heterocycles. The van der Waals surface area contributed by atoms with Gasteiger partial charge in [-0.05, 0) is 36.4 Å². The number of para-hydroxylation sites is 2. The largest absolute Gasteiger partial charge is 0.495 e. The Bertz CT molecular complexity index is 862. The average molecular weight is 414 g/mol. The van der Waals surface area contributed by atoms with Gasteiger partial charge in [0, 0.05) is 29.9 Å². The fourth-order valence-corrected chi connectivity index (χ4v) is 5.43. The topological polar surface area (TPSA) is 61.9 Å². The number of carbonyl (C=O) groups is 2. The molecule has 2 aromatic rings. The van der Waals surface area contributed by atoms with Gasteiger partial charge in [0.1, 0.15) is 12.3 Å². The number of carbonyl (C=O) groups excluding carboxylic acids is 2. The lowest BCUT2D eigenvalue weighted by atomic mass is 9.84. The van der Waals surface area contributed by atoms with Crippen LogP contribution in [0, 0.1) is 0 Å². The summed E-state index contributed by atoms with van der Waals surface area (Å²) in [4.78, 5) is 30.1. The van der Waals surface area contributed by atoms with Crippen molar-refractivity contribution in [3.8, 4) is 5.75 Å². The van der Waals surface area contributed by atoms with E-state index >= 15 is 0 Å². The maximum Gasteiger partial charge on any atom is 0.325 e. The van der Waals surface area contributed by atoms with Crippen molar-refractivity contribution >= 4 is 29.0 Å². The summed E-state index contributed by atoms with van der Waals surface area (Å²) in [5.74, 6) is 0.564. The average Bonchev–Trinajstić information content (AvgIpc) is 3.49. The highest BCUT2D eigenvalue weighted by Gasteiger charge is 2.37. The molecule has 4 rings (SSSR count). The van der Waals surface area contributed by atoms with Crippen LogP contribution in [-0.4, -0.2) is 50.1 Å². The van der Waals surface area contributed by atoms with Crippen LogP contribution in [0.15, 0.2) is 41.8 Å². The van der Waals surface area contributed by atoms with E-state index in [1.807, 2.05) is 24.3 Å². The summed E-state index contributed by atoms with van der Waals surface area (Å²) in [5, 5.41) is 5.21. The Morgan fingerprint density at radius 3 is 2.69 bits per heavy atom. The third-order valence-electron chi connectivity index (χ3n) is 6.03. The number of thiophene rings is 1.